The van der Waals surface area contributed by atoms with E-state index >= 15 is 0 Å². The van der Waals surface area contributed by atoms with Gasteiger partial charge in [0.1, 0.15) is 0 Å². The molecule has 1 saturated heterocycles. The van der Waals surface area contributed by atoms with Crippen molar-refractivity contribution in [1.82, 2.24) is 4.31 Å². The first-order chi connectivity index (χ1) is 13.1. The lowest BCUT2D eigenvalue weighted by atomic mass is 9.98. The van der Waals surface area contributed by atoms with E-state index in [0.717, 1.165) is 31.2 Å². The minimum absolute atomic E-state index is 0.227. The number of unbranched alkanes of at least 4 members (excludes halogenated alkanes) is 2. The topological polar surface area (TPSA) is 83.9 Å². The van der Waals surface area contributed by atoms with E-state index in [1.807, 2.05) is 6.92 Å². The van der Waals surface area contributed by atoms with Gasteiger partial charge in [0.15, 0.2) is 0 Å². The average molecular weight is 412 g/mol. The molecule has 1 fully saturated rings. The zero-order valence-electron chi connectivity index (χ0n) is 17.2. The fourth-order valence-corrected chi connectivity index (χ4v) is 4.79. The largest absolute Gasteiger partial charge is 0.465 e. The van der Waals surface area contributed by atoms with Crippen molar-refractivity contribution in [2.75, 3.05) is 19.7 Å². The van der Waals surface area contributed by atoms with Gasteiger partial charge < -0.3 is 9.84 Å². The van der Waals surface area contributed by atoms with Crippen LogP contribution in [-0.2, 0) is 19.6 Å². The molecule has 28 heavy (non-hydrogen) atoms. The van der Waals surface area contributed by atoms with Crippen LogP contribution in [-0.4, -0.2) is 49.1 Å². The van der Waals surface area contributed by atoms with Gasteiger partial charge in [0.05, 0.1) is 23.0 Å². The van der Waals surface area contributed by atoms with E-state index in [4.69, 9.17) is 4.74 Å². The number of esters is 1. The summed E-state index contributed by atoms with van der Waals surface area (Å²) in [6.45, 7) is 6.55. The van der Waals surface area contributed by atoms with E-state index in [0.29, 0.717) is 37.4 Å². The van der Waals surface area contributed by atoms with E-state index < -0.39 is 15.6 Å². The fourth-order valence-electron chi connectivity index (χ4n) is 3.32. The number of nitrogens with zero attached hydrogens (tertiary/aromatic N) is 1. The average Bonchev–Trinajstić information content (AvgIpc) is 2.64. The molecule has 1 aliphatic heterocycles. The molecule has 6 nitrogen and oxygen atoms in total. The predicted molar refractivity (Wildman–Crippen MR) is 108 cm³/mol. The third kappa shape index (κ3) is 6.87. The minimum atomic E-state index is -3.51. The number of aryl methyl sites for hydroxylation is 1. The summed E-state index contributed by atoms with van der Waals surface area (Å²) in [4.78, 5) is 12.5. The second-order valence-electron chi connectivity index (χ2n) is 8.28. The Morgan fingerprint density at radius 3 is 2.32 bits per heavy atom. The summed E-state index contributed by atoms with van der Waals surface area (Å²) in [5.74, 6) is -0.462. The second kappa shape index (κ2) is 9.85. The normalized spacial score (nSPS) is 16.9. The lowest BCUT2D eigenvalue weighted by molar-refractivity contribution is -0.150. The number of carbonyl (C=O) groups excluding carboxylic acids is 1. The van der Waals surface area contributed by atoms with Crippen molar-refractivity contribution in [2.24, 2.45) is 5.92 Å². The molecule has 0 bridgehead atoms. The molecule has 7 heteroatoms. The van der Waals surface area contributed by atoms with Crippen molar-refractivity contribution in [3.63, 3.8) is 0 Å². The Hall–Kier alpha value is -1.44. The molecule has 1 aromatic carbocycles. The zero-order chi connectivity index (χ0) is 20.8. The number of aliphatic hydroxyl groups is 1. The van der Waals surface area contributed by atoms with Gasteiger partial charge in [0.25, 0.3) is 0 Å². The summed E-state index contributed by atoms with van der Waals surface area (Å²) in [6.07, 6.45) is 4.30. The molecule has 0 atom stereocenters. The third-order valence-corrected chi connectivity index (χ3v) is 7.04. The van der Waals surface area contributed by atoms with Crippen molar-refractivity contribution in [3.8, 4) is 0 Å². The van der Waals surface area contributed by atoms with Crippen LogP contribution in [0.5, 0.6) is 0 Å². The van der Waals surface area contributed by atoms with Crippen LogP contribution in [0.25, 0.3) is 0 Å². The summed E-state index contributed by atoms with van der Waals surface area (Å²) in [5.41, 5.74) is 0.365. The number of sulfonamides is 1. The highest BCUT2D eigenvalue weighted by atomic mass is 32.2. The van der Waals surface area contributed by atoms with Crippen LogP contribution in [0.4, 0.5) is 0 Å². The van der Waals surface area contributed by atoms with Crippen LogP contribution in [0.3, 0.4) is 0 Å². The Bertz CT molecular complexity index is 729. The predicted octanol–water partition coefficient (Wildman–Crippen LogP) is 3.27. The van der Waals surface area contributed by atoms with Crippen molar-refractivity contribution in [1.29, 1.82) is 0 Å². The first-order valence-electron chi connectivity index (χ1n) is 10.1. The van der Waals surface area contributed by atoms with Gasteiger partial charge in [-0.15, -0.1) is 0 Å². The lowest BCUT2D eigenvalue weighted by Gasteiger charge is -2.30. The van der Waals surface area contributed by atoms with Crippen LogP contribution in [0, 0.1) is 12.8 Å². The highest BCUT2D eigenvalue weighted by molar-refractivity contribution is 7.89. The number of ether oxygens (including phenoxy) is 1. The summed E-state index contributed by atoms with van der Waals surface area (Å²) in [6, 6.07) is 6.84. The number of rotatable bonds is 9. The quantitative estimate of drug-likeness (QED) is 0.498. The molecule has 1 N–H and O–H groups in total. The van der Waals surface area contributed by atoms with Crippen LogP contribution in [0.2, 0.25) is 0 Å². The van der Waals surface area contributed by atoms with Crippen molar-refractivity contribution < 1.29 is 23.1 Å². The highest BCUT2D eigenvalue weighted by Gasteiger charge is 2.32. The Morgan fingerprint density at radius 2 is 1.75 bits per heavy atom. The zero-order valence-corrected chi connectivity index (χ0v) is 18.0. The smallest absolute Gasteiger partial charge is 0.309 e. The van der Waals surface area contributed by atoms with Crippen LogP contribution in [0.1, 0.15) is 57.9 Å². The Kier molecular flexibility index (Phi) is 8.04. The van der Waals surface area contributed by atoms with Gasteiger partial charge in [-0.2, -0.15) is 4.31 Å². The van der Waals surface area contributed by atoms with Gasteiger partial charge in [-0.3, -0.25) is 4.79 Å². The first-order valence-corrected chi connectivity index (χ1v) is 11.5. The number of piperidine rings is 1. The highest BCUT2D eigenvalue weighted by Crippen LogP contribution is 2.25. The molecular formula is C21H33NO5S. The van der Waals surface area contributed by atoms with E-state index in [1.165, 1.54) is 4.31 Å². The summed E-state index contributed by atoms with van der Waals surface area (Å²) in [5, 5.41) is 9.66. The van der Waals surface area contributed by atoms with Crippen molar-refractivity contribution in [2.45, 2.75) is 69.8 Å². The molecular weight excluding hydrogens is 378 g/mol. The first kappa shape index (κ1) is 22.8. The van der Waals surface area contributed by atoms with Crippen LogP contribution < -0.4 is 0 Å². The summed E-state index contributed by atoms with van der Waals surface area (Å²) >= 11 is 0. The maximum Gasteiger partial charge on any atom is 0.309 e. The molecule has 158 valence electrons. The molecule has 1 aromatic rings. The Balaban J connectivity index is 1.72. The molecule has 0 unspecified atom stereocenters. The van der Waals surface area contributed by atoms with Crippen LogP contribution in [0.15, 0.2) is 29.2 Å². The fraction of sp³-hybridized carbons (Fsp3) is 0.667. The lowest BCUT2D eigenvalue weighted by Crippen LogP contribution is -2.40. The maximum atomic E-state index is 12.7. The molecule has 0 aliphatic carbocycles. The molecule has 0 spiro atoms. The van der Waals surface area contributed by atoms with Gasteiger partial charge in [-0.05, 0) is 65.0 Å². The van der Waals surface area contributed by atoms with Crippen LogP contribution >= 0.6 is 0 Å². The van der Waals surface area contributed by atoms with Gasteiger partial charge in [0.2, 0.25) is 10.0 Å². The van der Waals surface area contributed by atoms with E-state index in [-0.39, 0.29) is 11.9 Å². The molecule has 2 rings (SSSR count). The number of hydrogen-bond donors (Lipinski definition) is 1. The minimum Gasteiger partial charge on any atom is -0.465 e. The Morgan fingerprint density at radius 1 is 1.14 bits per heavy atom. The van der Waals surface area contributed by atoms with Gasteiger partial charge >= 0.3 is 5.97 Å². The monoisotopic (exact) mass is 411 g/mol. The molecule has 1 heterocycles. The van der Waals surface area contributed by atoms with Gasteiger partial charge in [-0.25, -0.2) is 8.42 Å². The molecule has 1 aliphatic rings. The standard InChI is InChI=1S/C21H33NO5S/c1-17-7-9-19(10-8-17)28(25,26)22-14-11-18(12-15-22)20(23)27-16-6-4-5-13-21(2,3)24/h7-10,18,24H,4-6,11-16H2,1-3H3. The van der Waals surface area contributed by atoms with Crippen molar-refractivity contribution >= 4 is 16.0 Å². The summed E-state index contributed by atoms with van der Waals surface area (Å²) in [7, 11) is -3.51. The molecule has 0 aromatic heterocycles. The van der Waals surface area contributed by atoms with Gasteiger partial charge in [-0.1, -0.05) is 24.1 Å². The summed E-state index contributed by atoms with van der Waals surface area (Å²) < 4.78 is 32.2. The van der Waals surface area contributed by atoms with E-state index in [9.17, 15) is 18.3 Å². The molecule has 0 saturated carbocycles. The SMILES string of the molecule is Cc1ccc(S(=O)(=O)N2CCC(C(=O)OCCCCCC(C)(C)O)CC2)cc1. The van der Waals surface area contributed by atoms with E-state index in [1.54, 1.807) is 38.1 Å². The maximum absolute atomic E-state index is 12.7. The number of benzene rings is 1. The van der Waals surface area contributed by atoms with E-state index in [2.05, 4.69) is 0 Å². The number of carbonyl (C=O) groups is 1. The molecule has 0 amide bonds. The Labute approximate surface area is 168 Å². The van der Waals surface area contributed by atoms with Crippen molar-refractivity contribution in [3.05, 3.63) is 29.8 Å². The van der Waals surface area contributed by atoms with Gasteiger partial charge in [0, 0.05) is 13.1 Å². The molecule has 0 radical (unpaired) electrons. The second-order valence-corrected chi connectivity index (χ2v) is 10.2. The number of hydrogen-bond acceptors (Lipinski definition) is 5. The third-order valence-electron chi connectivity index (χ3n) is 5.12.